The number of carbonyl (C=O) groups is 1. The summed E-state index contributed by atoms with van der Waals surface area (Å²) in [5.41, 5.74) is 0.857. The molecule has 20 heavy (non-hydrogen) atoms. The zero-order valence-corrected chi connectivity index (χ0v) is 13.0. The van der Waals surface area contributed by atoms with Crippen molar-refractivity contribution in [3.63, 3.8) is 0 Å². The molecule has 6 nitrogen and oxygen atoms in total. The number of carboxylic acids is 1. The van der Waals surface area contributed by atoms with Crippen LogP contribution in [0.15, 0.2) is 29.2 Å². The van der Waals surface area contributed by atoms with Gasteiger partial charge in [-0.2, -0.15) is 4.31 Å². The Morgan fingerprint density at radius 1 is 1.50 bits per heavy atom. The Morgan fingerprint density at radius 3 is 2.90 bits per heavy atom. The number of nitrogens with zero attached hydrogens (tertiary/aromatic N) is 1. The van der Waals surface area contributed by atoms with Gasteiger partial charge in [0.2, 0.25) is 10.0 Å². The molecule has 1 unspecified atom stereocenters. The van der Waals surface area contributed by atoms with Gasteiger partial charge in [0, 0.05) is 25.0 Å². The molecule has 0 radical (unpaired) electrons. The molecule has 8 heteroatoms. The molecule has 1 atom stereocenters. The number of sulfonamides is 1. The van der Waals surface area contributed by atoms with Crippen molar-refractivity contribution in [1.29, 1.82) is 0 Å². The van der Waals surface area contributed by atoms with Crippen LogP contribution in [0.5, 0.6) is 0 Å². The van der Waals surface area contributed by atoms with Gasteiger partial charge in [-0.25, -0.2) is 8.42 Å². The summed E-state index contributed by atoms with van der Waals surface area (Å²) in [6, 6.07) is 5.77. The summed E-state index contributed by atoms with van der Waals surface area (Å²) < 4.78 is 26.2. The van der Waals surface area contributed by atoms with Gasteiger partial charge in [-0.1, -0.05) is 28.1 Å². The molecular weight excluding hydrogens is 348 g/mol. The Labute approximate surface area is 126 Å². The van der Waals surface area contributed by atoms with Crippen molar-refractivity contribution in [3.8, 4) is 0 Å². The molecule has 1 aliphatic rings. The highest BCUT2D eigenvalue weighted by molar-refractivity contribution is 9.08. The van der Waals surface area contributed by atoms with E-state index in [2.05, 4.69) is 21.2 Å². The first-order chi connectivity index (χ1) is 9.45. The Balaban J connectivity index is 2.27. The van der Waals surface area contributed by atoms with E-state index in [1.54, 1.807) is 12.1 Å². The Hall–Kier alpha value is -0.960. The summed E-state index contributed by atoms with van der Waals surface area (Å²) in [6.07, 6.45) is 0. The van der Waals surface area contributed by atoms with E-state index < -0.39 is 22.0 Å². The minimum absolute atomic E-state index is 0.0593. The van der Waals surface area contributed by atoms with Gasteiger partial charge in [0.15, 0.2) is 0 Å². The van der Waals surface area contributed by atoms with Crippen LogP contribution in [0.2, 0.25) is 0 Å². The minimum Gasteiger partial charge on any atom is -0.480 e. The summed E-state index contributed by atoms with van der Waals surface area (Å²) in [7, 11) is -3.65. The standard InChI is InChI=1S/C12H15BrN2O4S/c13-7-9-2-1-3-10(6-9)20(18,19)15-5-4-14-11(8-15)12(16)17/h1-3,6,11,14H,4-5,7-8H2,(H,16,17). The summed E-state index contributed by atoms with van der Waals surface area (Å²) >= 11 is 3.29. The number of nitrogens with one attached hydrogen (secondary N) is 1. The fourth-order valence-corrected chi connectivity index (χ4v) is 3.92. The molecule has 0 spiro atoms. The molecule has 0 bridgehead atoms. The van der Waals surface area contributed by atoms with E-state index in [1.807, 2.05) is 6.07 Å². The molecule has 0 saturated carbocycles. The van der Waals surface area contributed by atoms with Crippen LogP contribution in [0.25, 0.3) is 0 Å². The smallest absolute Gasteiger partial charge is 0.322 e. The van der Waals surface area contributed by atoms with Crippen LogP contribution in [-0.4, -0.2) is 49.5 Å². The first kappa shape index (κ1) is 15.4. The molecule has 2 rings (SSSR count). The monoisotopic (exact) mass is 362 g/mol. The molecule has 0 aliphatic carbocycles. The number of piperazine rings is 1. The van der Waals surface area contributed by atoms with Gasteiger partial charge in [0.05, 0.1) is 4.90 Å². The van der Waals surface area contributed by atoms with Crippen molar-refractivity contribution in [3.05, 3.63) is 29.8 Å². The van der Waals surface area contributed by atoms with Gasteiger partial charge >= 0.3 is 5.97 Å². The van der Waals surface area contributed by atoms with Crippen molar-refractivity contribution in [2.75, 3.05) is 19.6 Å². The van der Waals surface area contributed by atoms with Crippen molar-refractivity contribution < 1.29 is 18.3 Å². The SMILES string of the molecule is O=C(O)C1CN(S(=O)(=O)c2cccc(CBr)c2)CCN1. The third-order valence-corrected chi connectivity index (χ3v) is 5.64. The highest BCUT2D eigenvalue weighted by Crippen LogP contribution is 2.19. The number of carboxylic acid groups (broad SMARTS) is 1. The number of hydrogen-bond donors (Lipinski definition) is 2. The van der Waals surface area contributed by atoms with Crippen LogP contribution < -0.4 is 5.32 Å². The molecule has 2 N–H and O–H groups in total. The molecule has 1 saturated heterocycles. The van der Waals surface area contributed by atoms with Crippen LogP contribution in [0.3, 0.4) is 0 Å². The summed E-state index contributed by atoms with van der Waals surface area (Å²) in [6.45, 7) is 0.537. The van der Waals surface area contributed by atoms with E-state index in [0.717, 1.165) is 5.56 Å². The summed E-state index contributed by atoms with van der Waals surface area (Å²) in [5.74, 6) is -1.04. The molecular formula is C12H15BrN2O4S. The van der Waals surface area contributed by atoms with Crippen LogP contribution in [0.4, 0.5) is 0 Å². The normalized spacial score (nSPS) is 20.8. The topological polar surface area (TPSA) is 86.7 Å². The average Bonchev–Trinajstić information content (AvgIpc) is 2.47. The second-order valence-electron chi connectivity index (χ2n) is 4.49. The lowest BCUT2D eigenvalue weighted by atomic mass is 10.2. The second-order valence-corrected chi connectivity index (χ2v) is 6.99. The van der Waals surface area contributed by atoms with E-state index >= 15 is 0 Å². The second kappa shape index (κ2) is 6.21. The lowest BCUT2D eigenvalue weighted by Crippen LogP contribution is -2.55. The number of hydrogen-bond acceptors (Lipinski definition) is 4. The molecule has 1 aromatic carbocycles. The maximum atomic E-state index is 12.5. The van der Waals surface area contributed by atoms with Gasteiger partial charge in [-0.05, 0) is 17.7 Å². The number of benzene rings is 1. The van der Waals surface area contributed by atoms with Crippen molar-refractivity contribution in [2.45, 2.75) is 16.3 Å². The van der Waals surface area contributed by atoms with E-state index in [0.29, 0.717) is 11.9 Å². The molecule has 1 heterocycles. The van der Waals surface area contributed by atoms with Crippen LogP contribution in [-0.2, 0) is 20.1 Å². The Kier molecular flexibility index (Phi) is 4.79. The third kappa shape index (κ3) is 3.20. The van der Waals surface area contributed by atoms with Crippen molar-refractivity contribution in [1.82, 2.24) is 9.62 Å². The summed E-state index contributed by atoms with van der Waals surface area (Å²) in [5, 5.41) is 12.3. The van der Waals surface area contributed by atoms with E-state index in [1.165, 1.54) is 10.4 Å². The highest BCUT2D eigenvalue weighted by atomic mass is 79.9. The first-order valence-corrected chi connectivity index (χ1v) is 8.62. The van der Waals surface area contributed by atoms with Gasteiger partial charge < -0.3 is 10.4 Å². The van der Waals surface area contributed by atoms with E-state index in [-0.39, 0.29) is 18.0 Å². The summed E-state index contributed by atoms with van der Waals surface area (Å²) in [4.78, 5) is 11.2. The lowest BCUT2D eigenvalue weighted by Gasteiger charge is -2.30. The maximum absolute atomic E-state index is 12.5. The molecule has 1 fully saturated rings. The fraction of sp³-hybridized carbons (Fsp3) is 0.417. The van der Waals surface area contributed by atoms with Gasteiger partial charge in [-0.3, -0.25) is 4.79 Å². The largest absolute Gasteiger partial charge is 0.480 e. The van der Waals surface area contributed by atoms with Crippen LogP contribution in [0.1, 0.15) is 5.56 Å². The zero-order valence-electron chi connectivity index (χ0n) is 10.6. The molecule has 1 aliphatic heterocycles. The quantitative estimate of drug-likeness (QED) is 0.767. The van der Waals surface area contributed by atoms with E-state index in [4.69, 9.17) is 5.11 Å². The number of halogens is 1. The maximum Gasteiger partial charge on any atom is 0.322 e. The Bertz CT molecular complexity index is 605. The minimum atomic E-state index is -3.65. The van der Waals surface area contributed by atoms with Crippen LogP contribution in [0, 0.1) is 0 Å². The fourth-order valence-electron chi connectivity index (χ4n) is 2.04. The van der Waals surface area contributed by atoms with Gasteiger partial charge in [-0.15, -0.1) is 0 Å². The first-order valence-electron chi connectivity index (χ1n) is 6.06. The average molecular weight is 363 g/mol. The number of alkyl halides is 1. The Morgan fingerprint density at radius 2 is 2.25 bits per heavy atom. The molecule has 0 aromatic heterocycles. The zero-order chi connectivity index (χ0) is 14.8. The van der Waals surface area contributed by atoms with E-state index in [9.17, 15) is 13.2 Å². The highest BCUT2D eigenvalue weighted by Gasteiger charge is 2.32. The van der Waals surface area contributed by atoms with Crippen molar-refractivity contribution in [2.24, 2.45) is 0 Å². The lowest BCUT2D eigenvalue weighted by molar-refractivity contribution is -0.140. The predicted molar refractivity (Wildman–Crippen MR) is 77.3 cm³/mol. The van der Waals surface area contributed by atoms with Gasteiger partial charge in [0.1, 0.15) is 6.04 Å². The molecule has 1 aromatic rings. The molecule has 110 valence electrons. The third-order valence-electron chi connectivity index (χ3n) is 3.13. The number of aliphatic carboxylic acids is 1. The van der Waals surface area contributed by atoms with Crippen molar-refractivity contribution >= 4 is 31.9 Å². The van der Waals surface area contributed by atoms with Gasteiger partial charge in [0.25, 0.3) is 0 Å². The number of rotatable bonds is 4. The predicted octanol–water partition coefficient (Wildman–Crippen LogP) is 0.629. The molecule has 0 amide bonds. The van der Waals surface area contributed by atoms with Crippen LogP contribution >= 0.6 is 15.9 Å².